The molecule has 25 heavy (non-hydrogen) atoms. The molecule has 2 rings (SSSR count). The average Bonchev–Trinajstić information content (AvgIpc) is 2.80. The van der Waals surface area contributed by atoms with Gasteiger partial charge in [-0.3, -0.25) is 19.2 Å². The summed E-state index contributed by atoms with van der Waals surface area (Å²) in [5.74, 6) is -1.54. The Morgan fingerprint density at radius 3 is 2.48 bits per heavy atom. The first-order chi connectivity index (χ1) is 11.8. The number of carbonyl (C=O) groups is 4. The topological polar surface area (TPSA) is 98.2 Å². The number of aliphatic carboxylic acids is 1. The standard InChI is InChI=1S/C17H27N3O5/c1-12(21)20(11-16(23)24)14-4-3-7-19(9-6-14)17(25)13-5-8-18(2)15(22)10-13/h13-14H,3-11H2,1-2H3,(H,23,24). The minimum Gasteiger partial charge on any atom is -0.480 e. The van der Waals surface area contributed by atoms with E-state index in [0.29, 0.717) is 38.9 Å². The summed E-state index contributed by atoms with van der Waals surface area (Å²) in [5.41, 5.74) is 0. The van der Waals surface area contributed by atoms with Gasteiger partial charge in [-0.15, -0.1) is 0 Å². The molecule has 1 N–H and O–H groups in total. The van der Waals surface area contributed by atoms with Crippen molar-refractivity contribution >= 4 is 23.7 Å². The van der Waals surface area contributed by atoms with Crippen LogP contribution < -0.4 is 0 Å². The summed E-state index contributed by atoms with van der Waals surface area (Å²) in [6.45, 7) is 2.75. The monoisotopic (exact) mass is 353 g/mol. The van der Waals surface area contributed by atoms with Crippen LogP contribution in [-0.4, -0.2) is 82.8 Å². The largest absolute Gasteiger partial charge is 0.480 e. The number of likely N-dealkylation sites (tertiary alicyclic amines) is 2. The van der Waals surface area contributed by atoms with Gasteiger partial charge in [-0.1, -0.05) is 0 Å². The summed E-state index contributed by atoms with van der Waals surface area (Å²) in [5, 5.41) is 9.00. The predicted octanol–water partition coefficient (Wildman–Crippen LogP) is 0.169. The molecule has 2 saturated heterocycles. The van der Waals surface area contributed by atoms with E-state index in [2.05, 4.69) is 0 Å². The van der Waals surface area contributed by atoms with Crippen LogP contribution in [0.5, 0.6) is 0 Å². The number of carbonyl (C=O) groups excluding carboxylic acids is 3. The van der Waals surface area contributed by atoms with Gasteiger partial charge in [0.25, 0.3) is 0 Å². The van der Waals surface area contributed by atoms with Crippen LogP contribution in [0.2, 0.25) is 0 Å². The Kier molecular flexibility index (Phi) is 6.39. The molecule has 140 valence electrons. The van der Waals surface area contributed by atoms with E-state index in [-0.39, 0.29) is 42.6 Å². The maximum Gasteiger partial charge on any atom is 0.323 e. The number of amides is 3. The fourth-order valence-corrected chi connectivity index (χ4v) is 3.67. The van der Waals surface area contributed by atoms with E-state index in [0.717, 1.165) is 6.42 Å². The third-order valence-electron chi connectivity index (χ3n) is 5.17. The van der Waals surface area contributed by atoms with Gasteiger partial charge in [0.05, 0.1) is 0 Å². The average molecular weight is 353 g/mol. The highest BCUT2D eigenvalue weighted by atomic mass is 16.4. The van der Waals surface area contributed by atoms with Crippen molar-refractivity contribution < 1.29 is 24.3 Å². The summed E-state index contributed by atoms with van der Waals surface area (Å²) in [4.78, 5) is 52.1. The lowest BCUT2D eigenvalue weighted by atomic mass is 9.95. The van der Waals surface area contributed by atoms with Crippen molar-refractivity contribution in [3.05, 3.63) is 0 Å². The molecule has 0 saturated carbocycles. The Hall–Kier alpha value is -2.12. The lowest BCUT2D eigenvalue weighted by Crippen LogP contribution is -2.45. The summed E-state index contributed by atoms with van der Waals surface area (Å²) >= 11 is 0. The smallest absolute Gasteiger partial charge is 0.323 e. The number of hydrogen-bond acceptors (Lipinski definition) is 4. The number of rotatable bonds is 4. The number of carboxylic acid groups (broad SMARTS) is 1. The minimum absolute atomic E-state index is 0.00140. The molecule has 0 bridgehead atoms. The normalized spacial score (nSPS) is 24.6. The molecule has 0 aromatic carbocycles. The molecular weight excluding hydrogens is 326 g/mol. The maximum absolute atomic E-state index is 12.7. The third-order valence-corrected chi connectivity index (χ3v) is 5.17. The SMILES string of the molecule is CC(=O)N(CC(=O)O)C1CCCN(C(=O)C2CCN(C)C(=O)C2)CC1. The summed E-state index contributed by atoms with van der Waals surface area (Å²) < 4.78 is 0. The first-order valence-electron chi connectivity index (χ1n) is 8.81. The first-order valence-corrected chi connectivity index (χ1v) is 8.81. The molecule has 0 aliphatic carbocycles. The van der Waals surface area contributed by atoms with E-state index in [4.69, 9.17) is 5.11 Å². The minimum atomic E-state index is -1.03. The fraction of sp³-hybridized carbons (Fsp3) is 0.765. The van der Waals surface area contributed by atoms with Crippen LogP contribution in [0.4, 0.5) is 0 Å². The van der Waals surface area contributed by atoms with E-state index in [1.54, 1.807) is 16.8 Å². The van der Waals surface area contributed by atoms with Crippen molar-refractivity contribution in [1.29, 1.82) is 0 Å². The highest BCUT2D eigenvalue weighted by Crippen LogP contribution is 2.23. The lowest BCUT2D eigenvalue weighted by Gasteiger charge is -2.32. The Bertz CT molecular complexity index is 550. The molecule has 0 aromatic heterocycles. The number of carboxylic acids is 1. The molecule has 8 nitrogen and oxygen atoms in total. The third kappa shape index (κ3) is 4.93. The van der Waals surface area contributed by atoms with Gasteiger partial charge in [0, 0.05) is 52.0 Å². The summed E-state index contributed by atoms with van der Waals surface area (Å²) in [7, 11) is 1.75. The molecule has 0 spiro atoms. The molecule has 2 aliphatic heterocycles. The van der Waals surface area contributed by atoms with Crippen LogP contribution in [-0.2, 0) is 19.2 Å². The van der Waals surface area contributed by atoms with Crippen LogP contribution >= 0.6 is 0 Å². The van der Waals surface area contributed by atoms with Gasteiger partial charge in [-0.25, -0.2) is 0 Å². The van der Waals surface area contributed by atoms with E-state index < -0.39 is 5.97 Å². The zero-order valence-corrected chi connectivity index (χ0v) is 14.9. The molecule has 8 heteroatoms. The zero-order chi connectivity index (χ0) is 18.6. The van der Waals surface area contributed by atoms with Crippen molar-refractivity contribution in [3.63, 3.8) is 0 Å². The van der Waals surface area contributed by atoms with E-state index >= 15 is 0 Å². The second-order valence-corrected chi connectivity index (χ2v) is 6.96. The van der Waals surface area contributed by atoms with Gasteiger partial charge < -0.3 is 19.8 Å². The molecule has 2 heterocycles. The molecule has 3 amide bonds. The molecule has 2 unspecified atom stereocenters. The van der Waals surface area contributed by atoms with Crippen molar-refractivity contribution in [2.75, 3.05) is 33.2 Å². The molecular formula is C17H27N3O5. The van der Waals surface area contributed by atoms with Gasteiger partial charge >= 0.3 is 5.97 Å². The van der Waals surface area contributed by atoms with Gasteiger partial charge in [0.2, 0.25) is 17.7 Å². The van der Waals surface area contributed by atoms with Crippen molar-refractivity contribution in [2.45, 2.75) is 45.1 Å². The van der Waals surface area contributed by atoms with Crippen LogP contribution in [0, 0.1) is 5.92 Å². The number of piperidine rings is 1. The number of nitrogens with zero attached hydrogens (tertiary/aromatic N) is 3. The molecule has 0 aromatic rings. The summed E-state index contributed by atoms with van der Waals surface area (Å²) in [6.07, 6.45) is 2.91. The molecule has 2 fully saturated rings. The van der Waals surface area contributed by atoms with E-state index in [1.807, 2.05) is 0 Å². The molecule has 2 atom stereocenters. The number of hydrogen-bond donors (Lipinski definition) is 1. The Balaban J connectivity index is 1.96. The van der Waals surface area contributed by atoms with Gasteiger partial charge in [-0.05, 0) is 25.7 Å². The zero-order valence-electron chi connectivity index (χ0n) is 14.9. The van der Waals surface area contributed by atoms with Crippen molar-refractivity contribution in [3.8, 4) is 0 Å². The van der Waals surface area contributed by atoms with E-state index in [9.17, 15) is 19.2 Å². The maximum atomic E-state index is 12.7. The lowest BCUT2D eigenvalue weighted by molar-refractivity contribution is -0.145. The molecule has 0 radical (unpaired) electrons. The highest BCUT2D eigenvalue weighted by molar-refractivity contribution is 5.87. The molecule has 2 aliphatic rings. The van der Waals surface area contributed by atoms with Gasteiger partial charge in [-0.2, -0.15) is 0 Å². The second kappa shape index (κ2) is 8.31. The predicted molar refractivity (Wildman–Crippen MR) is 89.6 cm³/mol. The van der Waals surface area contributed by atoms with Crippen LogP contribution in [0.25, 0.3) is 0 Å². The Morgan fingerprint density at radius 1 is 1.16 bits per heavy atom. The van der Waals surface area contributed by atoms with Crippen molar-refractivity contribution in [2.24, 2.45) is 5.92 Å². The quantitative estimate of drug-likeness (QED) is 0.777. The van der Waals surface area contributed by atoms with Crippen LogP contribution in [0.3, 0.4) is 0 Å². The second-order valence-electron chi connectivity index (χ2n) is 6.96. The summed E-state index contributed by atoms with van der Waals surface area (Å²) in [6, 6.07) is -0.162. The van der Waals surface area contributed by atoms with Gasteiger partial charge in [0.15, 0.2) is 0 Å². The Labute approximate surface area is 147 Å². The van der Waals surface area contributed by atoms with Crippen LogP contribution in [0.1, 0.15) is 39.0 Å². The van der Waals surface area contributed by atoms with Crippen LogP contribution in [0.15, 0.2) is 0 Å². The van der Waals surface area contributed by atoms with E-state index in [1.165, 1.54) is 11.8 Å². The Morgan fingerprint density at radius 2 is 1.88 bits per heavy atom. The van der Waals surface area contributed by atoms with Crippen molar-refractivity contribution in [1.82, 2.24) is 14.7 Å². The first kappa shape index (κ1) is 19.2. The van der Waals surface area contributed by atoms with Gasteiger partial charge in [0.1, 0.15) is 6.54 Å². The highest BCUT2D eigenvalue weighted by Gasteiger charge is 2.33. The fourth-order valence-electron chi connectivity index (χ4n) is 3.67.